The molecule has 5 rings (SSSR count). The van der Waals surface area contributed by atoms with Crippen molar-refractivity contribution in [3.8, 4) is 5.75 Å². The van der Waals surface area contributed by atoms with Gasteiger partial charge in [0.1, 0.15) is 12.4 Å². The van der Waals surface area contributed by atoms with Gasteiger partial charge in [-0.2, -0.15) is 0 Å². The second-order valence-electron chi connectivity index (χ2n) is 9.31. The largest absolute Gasteiger partial charge is 0.489 e. The Hall–Kier alpha value is -3.69. The molecule has 4 aromatic rings. The smallest absolute Gasteiger partial charge is 0.303 e. The van der Waals surface area contributed by atoms with Crippen molar-refractivity contribution in [3.05, 3.63) is 101 Å². The first-order chi connectivity index (χ1) is 18.4. The first-order valence-electron chi connectivity index (χ1n) is 12.4. The standard InChI is InChI=1S/C29H28N2O5S2/c32-28(33)17-22(21-7-2-1-3-8-21)19-38(34,35)25-14-12-24(13-15-25)36-18-20-6-4-9-23(16-20)30-29-31-26-10-5-11-27(26)37-29/h1-4,6-9,12-16,22H,5,10-11,17-19H2,(H,30,31)(H,32,33). The molecule has 0 saturated carbocycles. The Kier molecular flexibility index (Phi) is 7.76. The summed E-state index contributed by atoms with van der Waals surface area (Å²) < 4.78 is 32.1. The van der Waals surface area contributed by atoms with Gasteiger partial charge in [0.2, 0.25) is 0 Å². The maximum atomic E-state index is 13.1. The number of carboxylic acid groups (broad SMARTS) is 1. The molecule has 1 aliphatic rings. The maximum Gasteiger partial charge on any atom is 0.303 e. The summed E-state index contributed by atoms with van der Waals surface area (Å²) in [5.41, 5.74) is 3.80. The van der Waals surface area contributed by atoms with Gasteiger partial charge in [0, 0.05) is 16.5 Å². The highest BCUT2D eigenvalue weighted by molar-refractivity contribution is 7.91. The molecule has 196 valence electrons. The van der Waals surface area contributed by atoms with Crippen molar-refractivity contribution in [1.29, 1.82) is 0 Å². The molecule has 1 aliphatic carbocycles. The lowest BCUT2D eigenvalue weighted by molar-refractivity contribution is -0.137. The zero-order valence-electron chi connectivity index (χ0n) is 20.7. The molecule has 0 radical (unpaired) electrons. The average Bonchev–Trinajstić information content (AvgIpc) is 3.50. The molecule has 1 unspecified atom stereocenters. The second-order valence-corrected chi connectivity index (χ2v) is 12.4. The molecule has 0 fully saturated rings. The second kappa shape index (κ2) is 11.4. The van der Waals surface area contributed by atoms with Crippen molar-refractivity contribution in [2.75, 3.05) is 11.1 Å². The van der Waals surface area contributed by atoms with E-state index in [9.17, 15) is 18.3 Å². The number of nitrogens with one attached hydrogen (secondary N) is 1. The van der Waals surface area contributed by atoms with E-state index < -0.39 is 21.7 Å². The van der Waals surface area contributed by atoms with Crippen LogP contribution in [0.5, 0.6) is 5.75 Å². The van der Waals surface area contributed by atoms with Crippen LogP contribution in [-0.2, 0) is 34.1 Å². The lowest BCUT2D eigenvalue weighted by atomic mass is 9.98. The number of nitrogens with zero attached hydrogens (tertiary/aromatic N) is 1. The van der Waals surface area contributed by atoms with Crippen LogP contribution in [0.25, 0.3) is 0 Å². The average molecular weight is 549 g/mol. The monoisotopic (exact) mass is 548 g/mol. The summed E-state index contributed by atoms with van der Waals surface area (Å²) in [4.78, 5) is 17.6. The fourth-order valence-electron chi connectivity index (χ4n) is 4.59. The van der Waals surface area contributed by atoms with Gasteiger partial charge in [0.25, 0.3) is 0 Å². The number of carbonyl (C=O) groups is 1. The molecule has 2 N–H and O–H groups in total. The summed E-state index contributed by atoms with van der Waals surface area (Å²) in [6, 6.07) is 23.1. The Morgan fingerprint density at radius 3 is 2.55 bits per heavy atom. The number of sulfone groups is 1. The molecule has 0 amide bonds. The van der Waals surface area contributed by atoms with Crippen molar-refractivity contribution in [1.82, 2.24) is 4.98 Å². The molecule has 7 nitrogen and oxygen atoms in total. The number of rotatable bonds is 11. The first kappa shape index (κ1) is 25.9. The van der Waals surface area contributed by atoms with Crippen molar-refractivity contribution < 1.29 is 23.1 Å². The van der Waals surface area contributed by atoms with Gasteiger partial charge < -0.3 is 15.2 Å². The lowest BCUT2D eigenvalue weighted by Gasteiger charge is -2.16. The summed E-state index contributed by atoms with van der Waals surface area (Å²) in [7, 11) is -3.70. The fraction of sp³-hybridized carbons (Fsp3) is 0.241. The maximum absolute atomic E-state index is 13.1. The third-order valence-electron chi connectivity index (χ3n) is 6.47. The molecule has 0 bridgehead atoms. The molecule has 38 heavy (non-hydrogen) atoms. The van der Waals surface area contributed by atoms with E-state index in [2.05, 4.69) is 10.3 Å². The molecule has 1 atom stereocenters. The van der Waals surface area contributed by atoms with E-state index in [-0.39, 0.29) is 17.1 Å². The SMILES string of the molecule is O=C(O)CC(CS(=O)(=O)c1ccc(OCc2cccc(Nc3nc4c(s3)CCC4)c2)cc1)c1ccccc1. The van der Waals surface area contributed by atoms with Crippen LogP contribution in [0, 0.1) is 0 Å². The van der Waals surface area contributed by atoms with Gasteiger partial charge in [0.05, 0.1) is 22.8 Å². The van der Waals surface area contributed by atoms with Crippen molar-refractivity contribution in [2.24, 2.45) is 0 Å². The minimum absolute atomic E-state index is 0.137. The number of thiazole rings is 1. The van der Waals surface area contributed by atoms with Gasteiger partial charge in [-0.1, -0.05) is 42.5 Å². The summed E-state index contributed by atoms with van der Waals surface area (Å²) in [6.45, 7) is 0.324. The third kappa shape index (κ3) is 6.41. The van der Waals surface area contributed by atoms with Gasteiger partial charge in [-0.25, -0.2) is 13.4 Å². The predicted octanol–water partition coefficient (Wildman–Crippen LogP) is 5.99. The minimum Gasteiger partial charge on any atom is -0.489 e. The van der Waals surface area contributed by atoms with Crippen LogP contribution in [0.3, 0.4) is 0 Å². The van der Waals surface area contributed by atoms with E-state index in [0.717, 1.165) is 29.2 Å². The zero-order chi connectivity index (χ0) is 26.5. The minimum atomic E-state index is -3.70. The van der Waals surface area contributed by atoms with Crippen molar-refractivity contribution >= 4 is 38.0 Å². The number of ether oxygens (including phenoxy) is 1. The lowest BCUT2D eigenvalue weighted by Crippen LogP contribution is -2.18. The summed E-state index contributed by atoms with van der Waals surface area (Å²) in [5.74, 6) is -1.41. The Morgan fingerprint density at radius 1 is 1.03 bits per heavy atom. The number of hydrogen-bond acceptors (Lipinski definition) is 7. The number of anilines is 2. The van der Waals surface area contributed by atoms with Crippen LogP contribution < -0.4 is 10.1 Å². The highest BCUT2D eigenvalue weighted by Crippen LogP contribution is 2.32. The van der Waals surface area contributed by atoms with Crippen LogP contribution in [0.1, 0.15) is 40.5 Å². The molecule has 1 aromatic heterocycles. The van der Waals surface area contributed by atoms with E-state index in [4.69, 9.17) is 4.74 Å². The van der Waals surface area contributed by atoms with E-state index in [1.54, 1.807) is 47.7 Å². The molecule has 3 aromatic carbocycles. The Balaban J connectivity index is 1.21. The molecular weight excluding hydrogens is 520 g/mol. The first-order valence-corrected chi connectivity index (χ1v) is 14.9. The van der Waals surface area contributed by atoms with Crippen LogP contribution in [-0.4, -0.2) is 30.2 Å². The zero-order valence-corrected chi connectivity index (χ0v) is 22.3. The van der Waals surface area contributed by atoms with Crippen LogP contribution in [0.4, 0.5) is 10.8 Å². The number of aliphatic carboxylic acids is 1. The van der Waals surface area contributed by atoms with Gasteiger partial charge in [-0.3, -0.25) is 4.79 Å². The highest BCUT2D eigenvalue weighted by Gasteiger charge is 2.25. The number of fused-ring (bicyclic) bond motifs is 1. The predicted molar refractivity (Wildman–Crippen MR) is 148 cm³/mol. The van der Waals surface area contributed by atoms with Gasteiger partial charge >= 0.3 is 5.97 Å². The highest BCUT2D eigenvalue weighted by atomic mass is 32.2. The van der Waals surface area contributed by atoms with E-state index >= 15 is 0 Å². The van der Waals surface area contributed by atoms with Crippen LogP contribution in [0.15, 0.2) is 83.8 Å². The third-order valence-corrected chi connectivity index (χ3v) is 9.38. The number of hydrogen-bond donors (Lipinski definition) is 2. The Morgan fingerprint density at radius 2 is 1.82 bits per heavy atom. The van der Waals surface area contributed by atoms with E-state index in [0.29, 0.717) is 17.9 Å². The van der Waals surface area contributed by atoms with Crippen LogP contribution >= 0.6 is 11.3 Å². The molecule has 0 aliphatic heterocycles. The Labute approximate surface area is 226 Å². The van der Waals surface area contributed by atoms with Crippen molar-refractivity contribution in [2.45, 2.75) is 43.1 Å². The fourth-order valence-corrected chi connectivity index (χ4v) is 7.24. The summed E-state index contributed by atoms with van der Waals surface area (Å²) in [5, 5.41) is 13.6. The number of carboxylic acids is 1. The molecule has 0 spiro atoms. The Bertz CT molecular complexity index is 1490. The summed E-state index contributed by atoms with van der Waals surface area (Å²) in [6.07, 6.45) is 3.09. The van der Waals surface area contributed by atoms with E-state index in [1.165, 1.54) is 29.1 Å². The van der Waals surface area contributed by atoms with Gasteiger partial charge in [0.15, 0.2) is 15.0 Å². The molecule has 9 heteroatoms. The van der Waals surface area contributed by atoms with Crippen molar-refractivity contribution in [3.63, 3.8) is 0 Å². The van der Waals surface area contributed by atoms with Crippen LogP contribution in [0.2, 0.25) is 0 Å². The van der Waals surface area contributed by atoms with Gasteiger partial charge in [-0.15, -0.1) is 11.3 Å². The topological polar surface area (TPSA) is 106 Å². The quantitative estimate of drug-likeness (QED) is 0.237. The number of aromatic nitrogens is 1. The molecule has 1 heterocycles. The number of aryl methyl sites for hydroxylation is 2. The van der Waals surface area contributed by atoms with Gasteiger partial charge in [-0.05, 0) is 66.8 Å². The number of benzene rings is 3. The summed E-state index contributed by atoms with van der Waals surface area (Å²) >= 11 is 1.71. The normalized spacial score (nSPS) is 13.6. The molecule has 0 saturated heterocycles. The van der Waals surface area contributed by atoms with E-state index in [1.807, 2.05) is 30.3 Å². The molecular formula is C29H28N2O5S2.